The molecule has 1 aliphatic heterocycles. The molecule has 94 valence electrons. The highest BCUT2D eigenvalue weighted by molar-refractivity contribution is 5.18. The summed E-state index contributed by atoms with van der Waals surface area (Å²) in [6.07, 6.45) is 2.65. The minimum atomic E-state index is -0.321. The van der Waals surface area contributed by atoms with E-state index in [2.05, 4.69) is 29.2 Å². The molecule has 1 aromatic heterocycles. The van der Waals surface area contributed by atoms with Crippen LogP contribution in [-0.2, 0) is 12.1 Å². The van der Waals surface area contributed by atoms with Gasteiger partial charge in [-0.05, 0) is 24.1 Å². The Morgan fingerprint density at radius 1 is 1.17 bits per heavy atom. The third-order valence-electron chi connectivity index (χ3n) is 3.64. The first-order valence-electron chi connectivity index (χ1n) is 6.35. The normalized spacial score (nSPS) is 24.5. The lowest BCUT2D eigenvalue weighted by Crippen LogP contribution is -2.39. The fourth-order valence-corrected chi connectivity index (χ4v) is 2.65. The highest BCUT2D eigenvalue weighted by Gasteiger charge is 2.38. The first-order valence-corrected chi connectivity index (χ1v) is 6.35. The molecule has 0 saturated carbocycles. The van der Waals surface area contributed by atoms with Gasteiger partial charge in [-0.1, -0.05) is 30.3 Å². The number of hydrogen-bond acceptors (Lipinski definition) is 3. The second kappa shape index (κ2) is 4.59. The molecule has 1 atom stereocenters. The van der Waals surface area contributed by atoms with Crippen LogP contribution in [0.2, 0.25) is 0 Å². The first kappa shape index (κ1) is 11.5. The van der Waals surface area contributed by atoms with Gasteiger partial charge in [-0.3, -0.25) is 4.90 Å². The molecular weight excluding hydrogens is 224 g/mol. The third kappa shape index (κ3) is 2.19. The lowest BCUT2D eigenvalue weighted by molar-refractivity contribution is 0.284. The van der Waals surface area contributed by atoms with Crippen molar-refractivity contribution in [1.82, 2.24) is 4.90 Å². The van der Waals surface area contributed by atoms with Crippen molar-refractivity contribution >= 4 is 0 Å². The number of furan rings is 1. The Morgan fingerprint density at radius 3 is 2.72 bits per heavy atom. The van der Waals surface area contributed by atoms with Crippen LogP contribution < -0.4 is 5.73 Å². The van der Waals surface area contributed by atoms with E-state index in [0.717, 1.165) is 31.8 Å². The Hall–Kier alpha value is -1.58. The van der Waals surface area contributed by atoms with Crippen molar-refractivity contribution in [2.24, 2.45) is 5.73 Å². The van der Waals surface area contributed by atoms with Gasteiger partial charge in [0.05, 0.1) is 11.8 Å². The molecule has 3 nitrogen and oxygen atoms in total. The molecule has 2 heterocycles. The van der Waals surface area contributed by atoms with Crippen LogP contribution in [0.4, 0.5) is 0 Å². The van der Waals surface area contributed by atoms with Crippen LogP contribution in [0.5, 0.6) is 0 Å². The average molecular weight is 242 g/mol. The van der Waals surface area contributed by atoms with Gasteiger partial charge in [0.1, 0.15) is 5.76 Å². The zero-order chi connectivity index (χ0) is 12.4. The van der Waals surface area contributed by atoms with E-state index < -0.39 is 0 Å². The fraction of sp³-hybridized carbons (Fsp3) is 0.333. The van der Waals surface area contributed by atoms with Crippen LogP contribution in [0, 0.1) is 0 Å². The van der Waals surface area contributed by atoms with E-state index in [9.17, 15) is 0 Å². The predicted octanol–water partition coefficient (Wildman–Crippen LogP) is 2.34. The predicted molar refractivity (Wildman–Crippen MR) is 70.9 cm³/mol. The highest BCUT2D eigenvalue weighted by Crippen LogP contribution is 2.30. The molecule has 2 N–H and O–H groups in total. The molecule has 1 aliphatic rings. The molecule has 1 unspecified atom stereocenters. The molecule has 1 saturated heterocycles. The summed E-state index contributed by atoms with van der Waals surface area (Å²) in [6.45, 7) is 2.84. The van der Waals surface area contributed by atoms with Crippen molar-refractivity contribution in [1.29, 1.82) is 0 Å². The van der Waals surface area contributed by atoms with Crippen LogP contribution in [0.3, 0.4) is 0 Å². The van der Waals surface area contributed by atoms with Crippen molar-refractivity contribution < 1.29 is 4.42 Å². The molecule has 1 fully saturated rings. The summed E-state index contributed by atoms with van der Waals surface area (Å²) >= 11 is 0. The van der Waals surface area contributed by atoms with Crippen molar-refractivity contribution in [2.45, 2.75) is 18.5 Å². The van der Waals surface area contributed by atoms with Crippen LogP contribution in [-0.4, -0.2) is 18.0 Å². The minimum Gasteiger partial charge on any atom is -0.467 e. The molecule has 0 amide bonds. The monoisotopic (exact) mass is 242 g/mol. The van der Waals surface area contributed by atoms with Gasteiger partial charge < -0.3 is 10.2 Å². The molecule has 0 spiro atoms. The molecule has 18 heavy (non-hydrogen) atoms. The summed E-state index contributed by atoms with van der Waals surface area (Å²) in [5.74, 6) is 0.901. The minimum absolute atomic E-state index is 0.321. The quantitative estimate of drug-likeness (QED) is 0.898. The van der Waals surface area contributed by atoms with Crippen LogP contribution in [0.1, 0.15) is 17.7 Å². The van der Waals surface area contributed by atoms with Gasteiger partial charge in [-0.15, -0.1) is 0 Å². The second-order valence-electron chi connectivity index (χ2n) is 5.08. The largest absolute Gasteiger partial charge is 0.467 e. The molecule has 0 radical (unpaired) electrons. The van der Waals surface area contributed by atoms with Crippen LogP contribution in [0.25, 0.3) is 0 Å². The number of likely N-dealkylation sites (tertiary alicyclic amines) is 1. The summed E-state index contributed by atoms with van der Waals surface area (Å²) in [5.41, 5.74) is 7.45. The Balaban J connectivity index is 1.69. The molecule has 3 heteroatoms. The van der Waals surface area contributed by atoms with Crippen LogP contribution >= 0.6 is 0 Å². The summed E-state index contributed by atoms with van der Waals surface area (Å²) in [4.78, 5) is 2.39. The van der Waals surface area contributed by atoms with E-state index in [0.29, 0.717) is 0 Å². The van der Waals surface area contributed by atoms with Gasteiger partial charge in [-0.2, -0.15) is 0 Å². The first-order chi connectivity index (χ1) is 8.76. The van der Waals surface area contributed by atoms with E-state index in [1.165, 1.54) is 5.56 Å². The van der Waals surface area contributed by atoms with Gasteiger partial charge in [0.25, 0.3) is 0 Å². The standard InChI is InChI=1S/C15H18N2O/c16-15(14-7-4-10-18-14)8-9-17(12-15)11-13-5-2-1-3-6-13/h1-7,10H,8-9,11-12,16H2. The van der Waals surface area contributed by atoms with Gasteiger partial charge in [-0.25, -0.2) is 0 Å². The maximum absolute atomic E-state index is 6.43. The number of hydrogen-bond donors (Lipinski definition) is 1. The average Bonchev–Trinajstić information content (AvgIpc) is 3.01. The lowest BCUT2D eigenvalue weighted by atomic mass is 9.97. The van der Waals surface area contributed by atoms with Crippen molar-refractivity contribution in [2.75, 3.05) is 13.1 Å². The number of benzene rings is 1. The molecular formula is C15H18N2O. The summed E-state index contributed by atoms with van der Waals surface area (Å²) in [6, 6.07) is 14.4. The number of nitrogens with two attached hydrogens (primary N) is 1. The van der Waals surface area contributed by atoms with Crippen molar-refractivity contribution in [3.8, 4) is 0 Å². The lowest BCUT2D eigenvalue weighted by Gasteiger charge is -2.22. The summed E-state index contributed by atoms with van der Waals surface area (Å²) in [5, 5.41) is 0. The molecule has 0 aliphatic carbocycles. The maximum atomic E-state index is 6.43. The SMILES string of the molecule is NC1(c2ccco2)CCN(Cc2ccccc2)C1. The summed E-state index contributed by atoms with van der Waals surface area (Å²) < 4.78 is 5.47. The van der Waals surface area contributed by atoms with E-state index in [4.69, 9.17) is 10.2 Å². The van der Waals surface area contributed by atoms with Gasteiger partial charge in [0, 0.05) is 19.6 Å². The Bertz CT molecular complexity index is 494. The smallest absolute Gasteiger partial charge is 0.124 e. The summed E-state index contributed by atoms with van der Waals surface area (Å²) in [7, 11) is 0. The molecule has 2 aromatic rings. The molecule has 3 rings (SSSR count). The number of rotatable bonds is 3. The van der Waals surface area contributed by atoms with E-state index in [1.807, 2.05) is 18.2 Å². The Morgan fingerprint density at radius 2 is 2.00 bits per heavy atom. The maximum Gasteiger partial charge on any atom is 0.124 e. The van der Waals surface area contributed by atoms with Crippen molar-refractivity contribution in [3.63, 3.8) is 0 Å². The van der Waals surface area contributed by atoms with E-state index >= 15 is 0 Å². The zero-order valence-corrected chi connectivity index (χ0v) is 10.4. The van der Waals surface area contributed by atoms with Gasteiger partial charge in [0.15, 0.2) is 0 Å². The second-order valence-corrected chi connectivity index (χ2v) is 5.08. The topological polar surface area (TPSA) is 42.4 Å². The molecule has 0 bridgehead atoms. The van der Waals surface area contributed by atoms with Crippen molar-refractivity contribution in [3.05, 3.63) is 60.1 Å². The zero-order valence-electron chi connectivity index (χ0n) is 10.4. The number of nitrogens with zero attached hydrogens (tertiary/aromatic N) is 1. The van der Waals surface area contributed by atoms with Gasteiger partial charge in [0.2, 0.25) is 0 Å². The Kier molecular flexibility index (Phi) is 2.94. The van der Waals surface area contributed by atoms with Gasteiger partial charge >= 0.3 is 0 Å². The van der Waals surface area contributed by atoms with E-state index in [1.54, 1.807) is 6.26 Å². The fourth-order valence-electron chi connectivity index (χ4n) is 2.65. The van der Waals surface area contributed by atoms with E-state index in [-0.39, 0.29) is 5.54 Å². The third-order valence-corrected chi connectivity index (χ3v) is 3.64. The van der Waals surface area contributed by atoms with Crippen LogP contribution in [0.15, 0.2) is 53.1 Å². The molecule has 1 aromatic carbocycles. The Labute approximate surface area is 107 Å². The highest BCUT2D eigenvalue weighted by atomic mass is 16.3.